The Hall–Kier alpha value is -3.36. The molecule has 2 N–H and O–H groups in total. The number of ether oxygens (including phenoxy) is 2. The number of aryl methyl sites for hydroxylation is 1. The number of fused-ring (bicyclic) bond motifs is 2. The molecule has 0 bridgehead atoms. The van der Waals surface area contributed by atoms with Gasteiger partial charge in [0.15, 0.2) is 11.5 Å². The Bertz CT molecular complexity index is 1100. The lowest BCUT2D eigenvalue weighted by Gasteiger charge is -2.25. The third kappa shape index (κ3) is 3.30. The molecule has 28 heavy (non-hydrogen) atoms. The Morgan fingerprint density at radius 3 is 2.82 bits per heavy atom. The highest BCUT2D eigenvalue weighted by molar-refractivity contribution is 5.93. The van der Waals surface area contributed by atoms with Crippen LogP contribution < -0.4 is 20.3 Å². The van der Waals surface area contributed by atoms with Crippen molar-refractivity contribution in [3.05, 3.63) is 45.9 Å². The Morgan fingerprint density at radius 2 is 2.07 bits per heavy atom. The van der Waals surface area contributed by atoms with Crippen LogP contribution in [0.25, 0.3) is 5.78 Å². The van der Waals surface area contributed by atoms with Crippen molar-refractivity contribution in [1.82, 2.24) is 19.6 Å². The molecule has 1 unspecified atom stereocenters. The lowest BCUT2D eigenvalue weighted by atomic mass is 10.0. The zero-order valence-corrected chi connectivity index (χ0v) is 15.9. The fraction of sp³-hybridized carbons (Fsp3) is 0.368. The molecule has 1 aliphatic rings. The van der Waals surface area contributed by atoms with E-state index in [1.165, 1.54) is 4.52 Å². The van der Waals surface area contributed by atoms with Gasteiger partial charge in [-0.15, -0.1) is 0 Å². The number of para-hydroxylation sites is 2. The monoisotopic (exact) mass is 383 g/mol. The van der Waals surface area contributed by atoms with Crippen LogP contribution in [-0.4, -0.2) is 38.2 Å². The Morgan fingerprint density at radius 1 is 1.32 bits per heavy atom. The molecule has 9 nitrogen and oxygen atoms in total. The van der Waals surface area contributed by atoms with Crippen LogP contribution in [0.1, 0.15) is 25.1 Å². The Kier molecular flexibility index (Phi) is 4.50. The maximum atomic E-state index is 12.7. The van der Waals surface area contributed by atoms with Crippen LogP contribution in [0, 0.1) is 12.8 Å². The molecule has 0 aliphatic carbocycles. The van der Waals surface area contributed by atoms with Gasteiger partial charge in [0.25, 0.3) is 17.2 Å². The second-order valence-corrected chi connectivity index (χ2v) is 7.14. The molecule has 146 valence electrons. The maximum absolute atomic E-state index is 12.7. The van der Waals surface area contributed by atoms with Crippen LogP contribution in [0.5, 0.6) is 11.5 Å². The molecular weight excluding hydrogens is 362 g/mol. The van der Waals surface area contributed by atoms with Crippen molar-refractivity contribution in [2.24, 2.45) is 5.92 Å². The number of anilines is 1. The molecule has 0 fully saturated rings. The normalized spacial score (nSPS) is 15.8. The summed E-state index contributed by atoms with van der Waals surface area (Å²) >= 11 is 0. The molecule has 3 aromatic rings. The van der Waals surface area contributed by atoms with Gasteiger partial charge >= 0.3 is 0 Å². The van der Waals surface area contributed by atoms with Crippen molar-refractivity contribution >= 4 is 17.6 Å². The summed E-state index contributed by atoms with van der Waals surface area (Å²) in [6.45, 7) is 5.95. The second kappa shape index (κ2) is 6.99. The number of nitrogens with zero attached hydrogens (tertiary/aromatic N) is 3. The highest BCUT2D eigenvalue weighted by Crippen LogP contribution is 2.31. The van der Waals surface area contributed by atoms with Gasteiger partial charge in [-0.3, -0.25) is 20.0 Å². The van der Waals surface area contributed by atoms with Gasteiger partial charge in [-0.25, -0.2) is 4.98 Å². The van der Waals surface area contributed by atoms with Crippen molar-refractivity contribution in [3.8, 4) is 11.5 Å². The van der Waals surface area contributed by atoms with Crippen molar-refractivity contribution in [2.45, 2.75) is 33.3 Å². The minimum absolute atomic E-state index is 0.0823. The molecule has 0 radical (unpaired) electrons. The van der Waals surface area contributed by atoms with Crippen LogP contribution >= 0.6 is 0 Å². The van der Waals surface area contributed by atoms with Crippen LogP contribution in [0.15, 0.2) is 29.1 Å². The number of H-pyrrole nitrogens is 1. The third-order valence-corrected chi connectivity index (χ3v) is 4.45. The fourth-order valence-corrected chi connectivity index (χ4v) is 3.10. The molecule has 4 rings (SSSR count). The summed E-state index contributed by atoms with van der Waals surface area (Å²) < 4.78 is 12.5. The molecule has 9 heteroatoms. The molecule has 3 heterocycles. The lowest BCUT2D eigenvalue weighted by Crippen LogP contribution is -2.40. The minimum Gasteiger partial charge on any atom is -0.485 e. The van der Waals surface area contributed by atoms with E-state index in [0.717, 1.165) is 0 Å². The SMILES string of the molecule is Cc1nc2nc(NC(=O)C3COc4ccccc4O3)[nH]n2c(=O)c1CC(C)C. The number of aromatic nitrogens is 4. The van der Waals surface area contributed by atoms with Crippen molar-refractivity contribution in [2.75, 3.05) is 11.9 Å². The number of carbonyl (C=O) groups excluding carboxylic acids is 1. The molecule has 1 atom stereocenters. The largest absolute Gasteiger partial charge is 0.485 e. The first-order valence-electron chi connectivity index (χ1n) is 9.10. The molecule has 1 aliphatic heterocycles. The van der Waals surface area contributed by atoms with E-state index < -0.39 is 12.0 Å². The average molecular weight is 383 g/mol. The van der Waals surface area contributed by atoms with Gasteiger partial charge in [0.2, 0.25) is 12.1 Å². The number of amides is 1. The van der Waals surface area contributed by atoms with Crippen molar-refractivity contribution in [1.29, 1.82) is 0 Å². The first-order valence-corrected chi connectivity index (χ1v) is 9.10. The van der Waals surface area contributed by atoms with Crippen molar-refractivity contribution in [3.63, 3.8) is 0 Å². The summed E-state index contributed by atoms with van der Waals surface area (Å²) in [5.41, 5.74) is 1.06. The van der Waals surface area contributed by atoms with Gasteiger partial charge in [0.05, 0.1) is 5.69 Å². The molecular formula is C19H21N5O4. The molecule has 2 aromatic heterocycles. The zero-order chi connectivity index (χ0) is 19.8. The van der Waals surface area contributed by atoms with E-state index >= 15 is 0 Å². The van der Waals surface area contributed by atoms with Gasteiger partial charge in [0.1, 0.15) is 6.61 Å². The third-order valence-electron chi connectivity index (χ3n) is 4.45. The van der Waals surface area contributed by atoms with Crippen molar-refractivity contribution < 1.29 is 14.3 Å². The smallest absolute Gasteiger partial charge is 0.277 e. The van der Waals surface area contributed by atoms with Gasteiger partial charge in [-0.1, -0.05) is 26.0 Å². The number of nitrogens with one attached hydrogen (secondary N) is 2. The lowest BCUT2D eigenvalue weighted by molar-refractivity contribution is -0.125. The van der Waals surface area contributed by atoms with Gasteiger partial charge in [0, 0.05) is 5.56 Å². The van der Waals surface area contributed by atoms with E-state index in [-0.39, 0.29) is 23.9 Å². The van der Waals surface area contributed by atoms with E-state index in [4.69, 9.17) is 9.47 Å². The van der Waals surface area contributed by atoms with E-state index in [1.54, 1.807) is 25.1 Å². The molecule has 1 amide bonds. The first kappa shape index (κ1) is 18.0. The van der Waals surface area contributed by atoms with Crippen LogP contribution in [0.3, 0.4) is 0 Å². The molecule has 1 aromatic carbocycles. The molecule has 0 saturated heterocycles. The summed E-state index contributed by atoms with van der Waals surface area (Å²) in [5.74, 6) is 1.32. The van der Waals surface area contributed by atoms with Crippen LogP contribution in [-0.2, 0) is 11.2 Å². The van der Waals surface area contributed by atoms with Crippen LogP contribution in [0.4, 0.5) is 5.95 Å². The minimum atomic E-state index is -0.828. The predicted octanol–water partition coefficient (Wildman–Crippen LogP) is 1.70. The van der Waals surface area contributed by atoms with E-state index in [0.29, 0.717) is 35.1 Å². The van der Waals surface area contributed by atoms with E-state index in [2.05, 4.69) is 20.4 Å². The number of benzene rings is 1. The summed E-state index contributed by atoms with van der Waals surface area (Å²) in [4.78, 5) is 33.8. The topological polar surface area (TPSA) is 111 Å². The fourth-order valence-electron chi connectivity index (χ4n) is 3.10. The maximum Gasteiger partial charge on any atom is 0.277 e. The highest BCUT2D eigenvalue weighted by atomic mass is 16.6. The summed E-state index contributed by atoms with van der Waals surface area (Å²) in [6.07, 6.45) is -0.209. The summed E-state index contributed by atoms with van der Waals surface area (Å²) in [6, 6.07) is 7.14. The number of carbonyl (C=O) groups is 1. The molecule has 0 spiro atoms. The predicted molar refractivity (Wildman–Crippen MR) is 102 cm³/mol. The van der Waals surface area contributed by atoms with E-state index in [1.807, 2.05) is 19.9 Å². The van der Waals surface area contributed by atoms with Crippen LogP contribution in [0.2, 0.25) is 0 Å². The first-order chi connectivity index (χ1) is 13.4. The summed E-state index contributed by atoms with van der Waals surface area (Å²) in [7, 11) is 0. The Balaban J connectivity index is 1.56. The zero-order valence-electron chi connectivity index (χ0n) is 15.9. The summed E-state index contributed by atoms with van der Waals surface area (Å²) in [5, 5.41) is 5.42. The number of hydrogen-bond acceptors (Lipinski definition) is 6. The quantitative estimate of drug-likeness (QED) is 0.710. The standard InChI is InChI=1S/C19H21N5O4/c1-10(2)8-12-11(3)20-19-22-18(23-24(19)17(12)26)21-16(25)15-9-27-13-6-4-5-7-14(13)28-15/h4-7,10,15H,8-9H2,1-3H3,(H2,20,21,22,23,25). The van der Waals surface area contributed by atoms with Gasteiger partial charge < -0.3 is 9.47 Å². The van der Waals surface area contributed by atoms with Gasteiger partial charge in [-0.05, 0) is 31.4 Å². The van der Waals surface area contributed by atoms with Gasteiger partial charge in [-0.2, -0.15) is 9.50 Å². The average Bonchev–Trinajstić information content (AvgIpc) is 3.07. The molecule has 0 saturated carbocycles. The van der Waals surface area contributed by atoms with E-state index in [9.17, 15) is 9.59 Å². The highest BCUT2D eigenvalue weighted by Gasteiger charge is 2.28. The number of aromatic amines is 1. The number of rotatable bonds is 4. The Labute approximate surface area is 160 Å². The second-order valence-electron chi connectivity index (χ2n) is 7.14. The number of hydrogen-bond donors (Lipinski definition) is 2.